The monoisotopic (exact) mass is 533 g/mol. The third kappa shape index (κ3) is 7.03. The van der Waals surface area contributed by atoms with Gasteiger partial charge in [-0.15, -0.1) is 0 Å². The average molecular weight is 534 g/mol. The van der Waals surface area contributed by atoms with Gasteiger partial charge in [0.2, 0.25) is 0 Å². The number of hydrogen-bond acceptors (Lipinski definition) is 8. The fourth-order valence-electron chi connectivity index (χ4n) is 4.57. The van der Waals surface area contributed by atoms with Crippen molar-refractivity contribution in [1.82, 2.24) is 9.80 Å². The van der Waals surface area contributed by atoms with E-state index in [0.29, 0.717) is 11.5 Å². The second-order valence-corrected chi connectivity index (χ2v) is 12.7. The molecule has 7 nitrogen and oxygen atoms in total. The molecule has 0 aliphatic carbocycles. The first-order valence-electron chi connectivity index (χ1n) is 12.1. The van der Waals surface area contributed by atoms with Gasteiger partial charge < -0.3 is 19.4 Å². The van der Waals surface area contributed by atoms with Crippen molar-refractivity contribution in [1.29, 1.82) is 0 Å². The van der Waals surface area contributed by atoms with Crippen molar-refractivity contribution >= 4 is 38.9 Å². The highest BCUT2D eigenvalue weighted by Gasteiger charge is 2.27. The second kappa shape index (κ2) is 12.4. The normalized spacial score (nSPS) is 16.3. The summed E-state index contributed by atoms with van der Waals surface area (Å²) < 4.78 is 29.8. The highest BCUT2D eigenvalue weighted by Crippen LogP contribution is 2.48. The van der Waals surface area contributed by atoms with Crippen LogP contribution in [0.15, 0.2) is 57.2 Å². The Hall–Kier alpha value is -2.07. The fraction of sp³-hybridized carbons (Fsp3) is 0.519. The van der Waals surface area contributed by atoms with Gasteiger partial charge in [0.1, 0.15) is 6.61 Å². The summed E-state index contributed by atoms with van der Waals surface area (Å²) in [5.41, 5.74) is 2.07. The van der Waals surface area contributed by atoms with Crippen molar-refractivity contribution in [3.05, 3.63) is 42.5 Å². The van der Waals surface area contributed by atoms with E-state index < -0.39 is 9.84 Å². The van der Waals surface area contributed by atoms with Gasteiger partial charge in [-0.2, -0.15) is 0 Å². The maximum atomic E-state index is 12.3. The summed E-state index contributed by atoms with van der Waals surface area (Å²) in [5, 5.41) is 0. The summed E-state index contributed by atoms with van der Waals surface area (Å²) in [6.45, 7) is 4.73. The number of nitrogens with zero attached hydrogens (tertiary/aromatic N) is 3. The number of esters is 1. The van der Waals surface area contributed by atoms with E-state index in [1.165, 1.54) is 11.2 Å². The number of likely N-dealkylation sites (N-methyl/N-ethyl adjacent to an activating group) is 1. The summed E-state index contributed by atoms with van der Waals surface area (Å²) in [4.78, 5) is 21.6. The minimum atomic E-state index is -3.28. The summed E-state index contributed by atoms with van der Waals surface area (Å²) in [7, 11) is 0.657. The third-order valence-electron chi connectivity index (χ3n) is 6.59. The zero-order valence-electron chi connectivity index (χ0n) is 20.8. The molecule has 0 aromatic heterocycles. The van der Waals surface area contributed by atoms with Crippen LogP contribution in [0.2, 0.25) is 0 Å². The molecule has 2 aromatic rings. The number of piperidine rings is 1. The molecule has 0 saturated carbocycles. The van der Waals surface area contributed by atoms with Gasteiger partial charge in [0.15, 0.2) is 9.84 Å². The number of carbonyl (C=O) groups excluding carboxylic acids is 1. The molecule has 198 valence electrons. The third-order valence-corrected chi connectivity index (χ3v) is 8.83. The van der Waals surface area contributed by atoms with E-state index in [-0.39, 0.29) is 19.3 Å². The Labute approximate surface area is 220 Å². The van der Waals surface area contributed by atoms with Gasteiger partial charge in [-0.25, -0.2) is 8.42 Å². The van der Waals surface area contributed by atoms with Gasteiger partial charge in [0.05, 0.1) is 22.2 Å². The Morgan fingerprint density at radius 3 is 2.44 bits per heavy atom. The highest BCUT2D eigenvalue weighted by molar-refractivity contribution is 7.99. The Bertz CT molecular complexity index is 1150. The quantitative estimate of drug-likeness (QED) is 0.436. The fourth-order valence-corrected chi connectivity index (χ4v) is 6.29. The number of rotatable bonds is 9. The van der Waals surface area contributed by atoms with Gasteiger partial charge in [-0.05, 0) is 83.3 Å². The number of likely N-dealkylation sites (tertiary alicyclic amines) is 1. The smallest absolute Gasteiger partial charge is 0.309 e. The maximum Gasteiger partial charge on any atom is 0.309 e. The van der Waals surface area contributed by atoms with Crippen molar-refractivity contribution in [3.63, 3.8) is 0 Å². The summed E-state index contributed by atoms with van der Waals surface area (Å²) >= 11 is 1.68. The molecule has 0 spiro atoms. The number of carbonyl (C=O) groups is 1. The summed E-state index contributed by atoms with van der Waals surface area (Å²) in [6, 6.07) is 13.7. The van der Waals surface area contributed by atoms with Gasteiger partial charge in [0, 0.05) is 29.1 Å². The molecule has 36 heavy (non-hydrogen) atoms. The number of fused-ring (bicyclic) bond motifs is 2. The molecule has 0 unspecified atom stereocenters. The van der Waals surface area contributed by atoms with E-state index >= 15 is 0 Å². The van der Waals surface area contributed by atoms with E-state index in [9.17, 15) is 13.2 Å². The van der Waals surface area contributed by atoms with Gasteiger partial charge in [-0.1, -0.05) is 31.3 Å². The number of hydrogen-bond donors (Lipinski definition) is 0. The zero-order valence-corrected chi connectivity index (χ0v) is 22.4. The van der Waals surface area contributed by atoms with Crippen LogP contribution in [0.3, 0.4) is 0 Å². The lowest BCUT2D eigenvalue weighted by atomic mass is 9.97. The van der Waals surface area contributed by atoms with E-state index in [2.05, 4.69) is 21.9 Å². The van der Waals surface area contributed by atoms with Crippen LogP contribution in [0.5, 0.6) is 0 Å². The van der Waals surface area contributed by atoms with Crippen molar-refractivity contribution in [2.75, 3.05) is 64.6 Å². The molecule has 0 radical (unpaired) electrons. The molecule has 9 heteroatoms. The van der Waals surface area contributed by atoms with E-state index in [0.717, 1.165) is 68.3 Å². The van der Waals surface area contributed by atoms with Crippen LogP contribution in [0.1, 0.15) is 26.7 Å². The number of para-hydroxylation sites is 1. The average Bonchev–Trinajstić information content (AvgIpc) is 2.83. The van der Waals surface area contributed by atoms with Crippen LogP contribution in [-0.4, -0.2) is 83.9 Å². The number of anilines is 2. The zero-order chi connectivity index (χ0) is 25.0. The highest BCUT2D eigenvalue weighted by atomic mass is 32.2. The minimum Gasteiger partial charge on any atom is -0.464 e. The molecule has 0 atom stereocenters. The van der Waals surface area contributed by atoms with Gasteiger partial charge in [-0.3, -0.25) is 4.79 Å². The molecule has 2 aromatic carbocycles. The number of sulfone groups is 1. The van der Waals surface area contributed by atoms with E-state index in [1.54, 1.807) is 23.9 Å². The molecule has 1 fully saturated rings. The molecule has 4 rings (SSSR count). The van der Waals surface area contributed by atoms with Crippen LogP contribution in [0, 0.1) is 5.92 Å². The predicted octanol–water partition coefficient (Wildman–Crippen LogP) is 4.54. The van der Waals surface area contributed by atoms with E-state index in [1.807, 2.05) is 37.2 Å². The molecule has 0 N–H and O–H groups in total. The number of benzene rings is 2. The van der Waals surface area contributed by atoms with Crippen LogP contribution in [-0.2, 0) is 19.4 Å². The molecular weight excluding hydrogens is 494 g/mol. The van der Waals surface area contributed by atoms with Crippen molar-refractivity contribution in [3.8, 4) is 0 Å². The Morgan fingerprint density at radius 2 is 1.75 bits per heavy atom. The Balaban J connectivity index is 0.00000361. The summed E-state index contributed by atoms with van der Waals surface area (Å²) in [5.74, 6) is -0.0621. The Morgan fingerprint density at radius 1 is 1.06 bits per heavy atom. The van der Waals surface area contributed by atoms with Crippen molar-refractivity contribution < 1.29 is 17.9 Å². The molecule has 0 amide bonds. The SMILES string of the molecule is C.CN(C)CCOC(=O)C1CCN(CCCN2c3ccccc3Sc3ccc(S(C)(=O)=O)cc32)CC1. The molecule has 1 saturated heterocycles. The Kier molecular flexibility index (Phi) is 9.86. The lowest BCUT2D eigenvalue weighted by Crippen LogP contribution is -2.38. The van der Waals surface area contributed by atoms with Gasteiger partial charge in [0.25, 0.3) is 0 Å². The van der Waals surface area contributed by atoms with E-state index in [4.69, 9.17) is 4.74 Å². The summed E-state index contributed by atoms with van der Waals surface area (Å²) in [6.07, 6.45) is 3.87. The molecular formula is C27H39N3O4S2. The van der Waals surface area contributed by atoms with Crippen LogP contribution in [0.25, 0.3) is 0 Å². The van der Waals surface area contributed by atoms with Crippen molar-refractivity contribution in [2.45, 2.75) is 41.4 Å². The number of ether oxygens (including phenoxy) is 1. The lowest BCUT2D eigenvalue weighted by molar-refractivity contribution is -0.150. The second-order valence-electron chi connectivity index (χ2n) is 9.56. The predicted molar refractivity (Wildman–Crippen MR) is 147 cm³/mol. The largest absolute Gasteiger partial charge is 0.464 e. The maximum absolute atomic E-state index is 12.3. The van der Waals surface area contributed by atoms with Gasteiger partial charge >= 0.3 is 5.97 Å². The molecule has 2 aliphatic rings. The molecule has 2 heterocycles. The lowest BCUT2D eigenvalue weighted by Gasteiger charge is -2.35. The first-order valence-corrected chi connectivity index (χ1v) is 14.9. The molecule has 0 bridgehead atoms. The van der Waals surface area contributed by atoms with Crippen LogP contribution >= 0.6 is 11.8 Å². The standard InChI is InChI=1S/C26H35N3O4S2.CH4/c1-27(2)17-18-33-26(30)20-11-15-28(16-12-20)13-6-14-29-22-7-4-5-8-24(22)34-25-10-9-21(19-23(25)29)35(3,31)32;/h4-5,7-10,19-20H,6,11-18H2,1-3H3;1H4. The molecule has 2 aliphatic heterocycles. The van der Waals surface area contributed by atoms with Crippen molar-refractivity contribution in [2.24, 2.45) is 5.92 Å². The minimum absolute atomic E-state index is 0. The van der Waals surface area contributed by atoms with Crippen LogP contribution in [0.4, 0.5) is 11.4 Å². The first-order chi connectivity index (χ1) is 16.7. The van der Waals surface area contributed by atoms with Crippen LogP contribution < -0.4 is 4.90 Å². The topological polar surface area (TPSA) is 70.2 Å². The first kappa shape index (κ1) is 28.5.